The topological polar surface area (TPSA) is 17.1 Å². The van der Waals surface area contributed by atoms with Crippen LogP contribution in [-0.4, -0.2) is 12.0 Å². The van der Waals surface area contributed by atoms with Crippen molar-refractivity contribution in [2.45, 2.75) is 19.5 Å². The molecule has 1 aromatic carbocycles. The van der Waals surface area contributed by atoms with Crippen LogP contribution in [-0.2, 0) is 0 Å². The normalized spacial score (nSPS) is 12.5. The van der Waals surface area contributed by atoms with E-state index in [9.17, 15) is 9.18 Å². The number of carbonyl (C=O) groups excluding carboxylic acids is 1. The van der Waals surface area contributed by atoms with Crippen molar-refractivity contribution in [2.75, 3.05) is 0 Å². The van der Waals surface area contributed by atoms with Gasteiger partial charge in [-0.15, -0.1) is 0 Å². The maximum Gasteiger partial charge on any atom is 0.196 e. The molecule has 0 amide bonds. The molecule has 0 radical (unpaired) electrons. The highest BCUT2D eigenvalue weighted by Crippen LogP contribution is 2.08. The number of halogens is 1. The Morgan fingerprint density at radius 1 is 1.42 bits per heavy atom. The van der Waals surface area contributed by atoms with Crippen LogP contribution < -0.4 is 0 Å². The van der Waals surface area contributed by atoms with Gasteiger partial charge >= 0.3 is 0 Å². The molecule has 0 spiro atoms. The number of hydrogen-bond donors (Lipinski definition) is 0. The third-order valence-electron chi connectivity index (χ3n) is 1.70. The largest absolute Gasteiger partial charge is 0.291 e. The number of alkyl halides is 1. The predicted octanol–water partition coefficient (Wildman–Crippen LogP) is 2.62. The zero-order valence-corrected chi connectivity index (χ0v) is 6.96. The summed E-state index contributed by atoms with van der Waals surface area (Å²) < 4.78 is 12.9. The molecule has 0 fully saturated rings. The highest BCUT2D eigenvalue weighted by atomic mass is 19.1. The fourth-order valence-electron chi connectivity index (χ4n) is 0.969. The molecule has 0 heterocycles. The zero-order valence-electron chi connectivity index (χ0n) is 6.96. The highest BCUT2D eigenvalue weighted by Gasteiger charge is 2.15. The Morgan fingerprint density at radius 2 is 2.00 bits per heavy atom. The third kappa shape index (κ3) is 1.91. The Bertz CT molecular complexity index is 256. The van der Waals surface area contributed by atoms with Crippen LogP contribution in [0.3, 0.4) is 0 Å². The molecule has 0 aliphatic heterocycles. The number of carbonyl (C=O) groups is 1. The smallest absolute Gasteiger partial charge is 0.196 e. The molecule has 0 aromatic heterocycles. The summed E-state index contributed by atoms with van der Waals surface area (Å²) in [6, 6.07) is 8.52. The maximum atomic E-state index is 12.9. The van der Waals surface area contributed by atoms with E-state index in [1.165, 1.54) is 0 Å². The summed E-state index contributed by atoms with van der Waals surface area (Å²) in [5, 5.41) is 0. The van der Waals surface area contributed by atoms with Crippen molar-refractivity contribution in [3.05, 3.63) is 35.9 Å². The van der Waals surface area contributed by atoms with Gasteiger partial charge in [-0.2, -0.15) is 0 Å². The molecule has 0 bridgehead atoms. The van der Waals surface area contributed by atoms with Crippen molar-refractivity contribution in [3.8, 4) is 0 Å². The summed E-state index contributed by atoms with van der Waals surface area (Å²) in [5.74, 6) is -0.418. The van der Waals surface area contributed by atoms with E-state index in [1.807, 2.05) is 0 Å². The van der Waals surface area contributed by atoms with E-state index in [1.54, 1.807) is 37.3 Å². The standard InChI is InChI=1S/C10H11FO/c1-2-9(11)10(12)8-6-4-3-5-7-8/h3-7,9H,2H2,1H3. The summed E-state index contributed by atoms with van der Waals surface area (Å²) in [7, 11) is 0. The van der Waals surface area contributed by atoms with Gasteiger partial charge in [0.1, 0.15) is 0 Å². The second-order valence-electron chi connectivity index (χ2n) is 2.61. The fourth-order valence-corrected chi connectivity index (χ4v) is 0.969. The number of benzene rings is 1. The van der Waals surface area contributed by atoms with Crippen LogP contribution in [0.4, 0.5) is 4.39 Å². The van der Waals surface area contributed by atoms with Gasteiger partial charge in [0, 0.05) is 5.56 Å². The van der Waals surface area contributed by atoms with Gasteiger partial charge in [0.2, 0.25) is 0 Å². The molecule has 2 heteroatoms. The quantitative estimate of drug-likeness (QED) is 0.631. The first kappa shape index (κ1) is 8.91. The van der Waals surface area contributed by atoms with Gasteiger partial charge in [0.25, 0.3) is 0 Å². The van der Waals surface area contributed by atoms with Gasteiger partial charge in [0.15, 0.2) is 12.0 Å². The molecule has 0 N–H and O–H groups in total. The molecule has 0 saturated carbocycles. The molecule has 0 aliphatic rings. The molecule has 1 nitrogen and oxygen atoms in total. The van der Waals surface area contributed by atoms with Gasteiger partial charge in [-0.25, -0.2) is 4.39 Å². The molecule has 0 aliphatic carbocycles. The second-order valence-corrected chi connectivity index (χ2v) is 2.61. The van der Waals surface area contributed by atoms with E-state index in [2.05, 4.69) is 0 Å². The van der Waals surface area contributed by atoms with Gasteiger partial charge < -0.3 is 0 Å². The Kier molecular flexibility index (Phi) is 2.97. The molecular formula is C10H11FO. The van der Waals surface area contributed by atoms with Gasteiger partial charge in [-0.05, 0) is 6.42 Å². The Labute approximate surface area is 71.2 Å². The van der Waals surface area contributed by atoms with Crippen LogP contribution in [0, 0.1) is 0 Å². The van der Waals surface area contributed by atoms with E-state index in [0.29, 0.717) is 5.56 Å². The molecule has 0 saturated heterocycles. The van der Waals surface area contributed by atoms with Gasteiger partial charge in [-0.1, -0.05) is 37.3 Å². The van der Waals surface area contributed by atoms with Crippen molar-refractivity contribution < 1.29 is 9.18 Å². The lowest BCUT2D eigenvalue weighted by Gasteiger charge is -2.02. The molecular weight excluding hydrogens is 155 g/mol. The van der Waals surface area contributed by atoms with E-state index in [-0.39, 0.29) is 6.42 Å². The SMILES string of the molecule is CCC(F)C(=O)c1ccccc1. The number of ketones is 1. The first-order valence-corrected chi connectivity index (χ1v) is 3.99. The van der Waals surface area contributed by atoms with E-state index >= 15 is 0 Å². The molecule has 64 valence electrons. The first-order chi connectivity index (χ1) is 5.75. The van der Waals surface area contributed by atoms with Crippen LogP contribution in [0.1, 0.15) is 23.7 Å². The zero-order chi connectivity index (χ0) is 8.97. The van der Waals surface area contributed by atoms with E-state index < -0.39 is 12.0 Å². The number of rotatable bonds is 3. The lowest BCUT2D eigenvalue weighted by atomic mass is 10.1. The molecule has 1 unspecified atom stereocenters. The van der Waals surface area contributed by atoms with Crippen molar-refractivity contribution in [1.82, 2.24) is 0 Å². The van der Waals surface area contributed by atoms with Gasteiger partial charge in [0.05, 0.1) is 0 Å². The van der Waals surface area contributed by atoms with Crippen molar-refractivity contribution in [3.63, 3.8) is 0 Å². The summed E-state index contributed by atoms with van der Waals surface area (Å²) >= 11 is 0. The average Bonchev–Trinajstić information content (AvgIpc) is 2.17. The average molecular weight is 166 g/mol. The second kappa shape index (κ2) is 4.00. The summed E-state index contributed by atoms with van der Waals surface area (Å²) in [6.07, 6.45) is -1.11. The minimum atomic E-state index is -1.35. The Balaban J connectivity index is 2.79. The van der Waals surface area contributed by atoms with Crippen LogP contribution in [0.25, 0.3) is 0 Å². The molecule has 1 rings (SSSR count). The number of hydrogen-bond acceptors (Lipinski definition) is 1. The van der Waals surface area contributed by atoms with Crippen LogP contribution in [0.5, 0.6) is 0 Å². The van der Waals surface area contributed by atoms with Crippen molar-refractivity contribution in [1.29, 1.82) is 0 Å². The van der Waals surface area contributed by atoms with Crippen molar-refractivity contribution >= 4 is 5.78 Å². The van der Waals surface area contributed by atoms with E-state index in [4.69, 9.17) is 0 Å². The maximum absolute atomic E-state index is 12.9. The fraction of sp³-hybridized carbons (Fsp3) is 0.300. The summed E-state index contributed by atoms with van der Waals surface area (Å²) in [5.41, 5.74) is 0.451. The molecule has 12 heavy (non-hydrogen) atoms. The van der Waals surface area contributed by atoms with Crippen LogP contribution in [0.2, 0.25) is 0 Å². The summed E-state index contributed by atoms with van der Waals surface area (Å²) in [6.45, 7) is 1.66. The lowest BCUT2D eigenvalue weighted by molar-refractivity contribution is 0.0874. The van der Waals surface area contributed by atoms with Crippen molar-refractivity contribution in [2.24, 2.45) is 0 Å². The Morgan fingerprint density at radius 3 is 2.50 bits per heavy atom. The van der Waals surface area contributed by atoms with Crippen LogP contribution >= 0.6 is 0 Å². The minimum absolute atomic E-state index is 0.244. The first-order valence-electron chi connectivity index (χ1n) is 3.99. The predicted molar refractivity (Wildman–Crippen MR) is 46.0 cm³/mol. The lowest BCUT2D eigenvalue weighted by Crippen LogP contribution is -2.14. The monoisotopic (exact) mass is 166 g/mol. The number of Topliss-reactive ketones (excluding diaryl/α,β-unsaturated/α-hetero) is 1. The molecule has 1 aromatic rings. The summed E-state index contributed by atoms with van der Waals surface area (Å²) in [4.78, 5) is 11.2. The van der Waals surface area contributed by atoms with E-state index in [0.717, 1.165) is 0 Å². The third-order valence-corrected chi connectivity index (χ3v) is 1.70. The van der Waals surface area contributed by atoms with Gasteiger partial charge in [-0.3, -0.25) is 4.79 Å². The Hall–Kier alpha value is -1.18. The van der Waals surface area contributed by atoms with Crippen LogP contribution in [0.15, 0.2) is 30.3 Å². The molecule has 1 atom stereocenters. The minimum Gasteiger partial charge on any atom is -0.291 e. The highest BCUT2D eigenvalue weighted by molar-refractivity contribution is 5.99.